The number of oxime groups is 1. The molecule has 5 rings (SSSR count). The summed E-state index contributed by atoms with van der Waals surface area (Å²) in [5.74, 6) is -1.57. The predicted molar refractivity (Wildman–Crippen MR) is 106 cm³/mol. The molecule has 2 atom stereocenters. The van der Waals surface area contributed by atoms with Crippen LogP contribution in [0.4, 0.5) is 5.69 Å². The first kappa shape index (κ1) is 18.8. The number of rotatable bonds is 4. The van der Waals surface area contributed by atoms with Gasteiger partial charge < -0.3 is 9.57 Å². The zero-order valence-electron chi connectivity index (χ0n) is 16.6. The van der Waals surface area contributed by atoms with Crippen molar-refractivity contribution in [3.05, 3.63) is 70.7 Å². The van der Waals surface area contributed by atoms with Gasteiger partial charge in [-0.3, -0.25) is 14.1 Å². The molecular weight excluding hydrogens is 404 g/mol. The number of carbonyl (C=O) groups excluding carboxylic acids is 2. The first-order valence-corrected chi connectivity index (χ1v) is 9.43. The fraction of sp³-hybridized carbons (Fsp3) is 0.190. The van der Waals surface area contributed by atoms with Crippen molar-refractivity contribution in [1.29, 1.82) is 0 Å². The van der Waals surface area contributed by atoms with Gasteiger partial charge in [0.15, 0.2) is 5.71 Å². The number of benzene rings is 2. The molecule has 31 heavy (non-hydrogen) atoms. The maximum Gasteiger partial charge on any atom is 0.437 e. The number of aromatic amines is 1. The Hall–Kier alpha value is -4.21. The molecule has 1 fully saturated rings. The topological polar surface area (TPSA) is 118 Å². The SMILES string of the molecule is COc1ccc(-[n+]2[nH]oc(=O)c2C2=NOC3(C)C(=O)N(c4ccccc4)C(=O)C23)cc1. The van der Waals surface area contributed by atoms with Gasteiger partial charge in [0, 0.05) is 12.1 Å². The summed E-state index contributed by atoms with van der Waals surface area (Å²) in [5.41, 5.74) is -1.38. The second-order valence-electron chi connectivity index (χ2n) is 7.29. The molecule has 2 amide bonds. The van der Waals surface area contributed by atoms with E-state index in [4.69, 9.17) is 14.1 Å². The van der Waals surface area contributed by atoms with Crippen molar-refractivity contribution in [3.63, 3.8) is 0 Å². The highest BCUT2D eigenvalue weighted by Crippen LogP contribution is 2.42. The number of nitrogens with one attached hydrogen (secondary N) is 1. The molecule has 1 aromatic heterocycles. The van der Waals surface area contributed by atoms with Gasteiger partial charge in [-0.2, -0.15) is 0 Å². The van der Waals surface area contributed by atoms with Gasteiger partial charge in [0.05, 0.1) is 12.8 Å². The van der Waals surface area contributed by atoms with E-state index in [0.29, 0.717) is 17.1 Å². The first-order chi connectivity index (χ1) is 15.0. The maximum absolute atomic E-state index is 13.3. The Labute approximate surface area is 175 Å². The lowest BCUT2D eigenvalue weighted by molar-refractivity contribution is -0.671. The van der Waals surface area contributed by atoms with Gasteiger partial charge >= 0.3 is 11.3 Å². The highest BCUT2D eigenvalue weighted by Gasteiger charge is 2.67. The number of fused-ring (bicyclic) bond motifs is 1. The number of methoxy groups -OCH3 is 1. The van der Waals surface area contributed by atoms with Crippen molar-refractivity contribution in [2.24, 2.45) is 11.1 Å². The van der Waals surface area contributed by atoms with Crippen LogP contribution in [0.25, 0.3) is 5.69 Å². The molecule has 10 nitrogen and oxygen atoms in total. The van der Waals surface area contributed by atoms with Crippen LogP contribution in [0.3, 0.4) is 0 Å². The molecule has 0 radical (unpaired) electrons. The summed E-state index contributed by atoms with van der Waals surface area (Å²) in [6.45, 7) is 1.49. The average molecular weight is 421 g/mol. The summed E-state index contributed by atoms with van der Waals surface area (Å²) >= 11 is 0. The number of carbonyl (C=O) groups is 2. The minimum atomic E-state index is -1.57. The number of nitrogens with zero attached hydrogens (tertiary/aromatic N) is 3. The number of ether oxygens (including phenoxy) is 1. The summed E-state index contributed by atoms with van der Waals surface area (Å²) in [4.78, 5) is 45.5. The highest BCUT2D eigenvalue weighted by atomic mass is 16.7. The van der Waals surface area contributed by atoms with Crippen LogP contribution in [-0.4, -0.2) is 35.5 Å². The molecular formula is C21H17N4O6+. The number of anilines is 1. The Bertz CT molecular complexity index is 1280. The van der Waals surface area contributed by atoms with Crippen molar-refractivity contribution in [2.45, 2.75) is 12.5 Å². The summed E-state index contributed by atoms with van der Waals surface area (Å²) in [6, 6.07) is 15.3. The van der Waals surface area contributed by atoms with Crippen molar-refractivity contribution < 1.29 is 28.4 Å². The van der Waals surface area contributed by atoms with Crippen LogP contribution >= 0.6 is 0 Å². The molecule has 10 heteroatoms. The van der Waals surface area contributed by atoms with Crippen molar-refractivity contribution in [2.75, 3.05) is 12.0 Å². The van der Waals surface area contributed by atoms with Crippen LogP contribution in [0.15, 0.2) is 69.1 Å². The molecule has 2 aliphatic rings. The third kappa shape index (κ3) is 2.61. The zero-order chi connectivity index (χ0) is 21.8. The minimum absolute atomic E-state index is 0.0186. The third-order valence-electron chi connectivity index (χ3n) is 5.49. The second-order valence-corrected chi connectivity index (χ2v) is 7.29. The Morgan fingerprint density at radius 2 is 1.81 bits per heavy atom. The van der Waals surface area contributed by atoms with E-state index in [-0.39, 0.29) is 11.4 Å². The van der Waals surface area contributed by atoms with Crippen LogP contribution in [0.5, 0.6) is 5.75 Å². The molecule has 0 spiro atoms. The van der Waals surface area contributed by atoms with Crippen LogP contribution in [0.1, 0.15) is 12.6 Å². The van der Waals surface area contributed by atoms with E-state index in [2.05, 4.69) is 10.4 Å². The summed E-state index contributed by atoms with van der Waals surface area (Å²) < 4.78 is 11.5. The minimum Gasteiger partial charge on any atom is -0.497 e. The summed E-state index contributed by atoms with van der Waals surface area (Å²) in [6.07, 6.45) is 0. The van der Waals surface area contributed by atoms with E-state index >= 15 is 0 Å². The van der Waals surface area contributed by atoms with E-state index in [9.17, 15) is 14.4 Å². The van der Waals surface area contributed by atoms with Crippen LogP contribution in [0.2, 0.25) is 0 Å². The van der Waals surface area contributed by atoms with Gasteiger partial charge in [0.2, 0.25) is 17.2 Å². The maximum atomic E-state index is 13.3. The Kier molecular flexibility index (Phi) is 4.04. The molecule has 0 bridgehead atoms. The fourth-order valence-electron chi connectivity index (χ4n) is 3.88. The number of para-hydroxylation sites is 1. The number of H-pyrrole nitrogens is 1. The first-order valence-electron chi connectivity index (χ1n) is 9.43. The summed E-state index contributed by atoms with van der Waals surface area (Å²) in [7, 11) is 1.54. The monoisotopic (exact) mass is 421 g/mol. The molecule has 1 N–H and O–H groups in total. The highest BCUT2D eigenvalue weighted by molar-refractivity contribution is 6.33. The molecule has 3 aromatic rings. The number of aromatic nitrogens is 2. The van der Waals surface area contributed by atoms with E-state index in [1.807, 2.05) is 0 Å². The van der Waals surface area contributed by atoms with Crippen molar-refractivity contribution in [1.82, 2.24) is 5.27 Å². The standard InChI is InChI=1S/C21H16N4O6/c1-21-15(18(26)24(20(21)28)12-6-4-3-5-7-12)16(22-31-21)17-19(27)30-23-25(17)13-8-10-14(29-2)11-9-13/h3-11,15H,1-2H3/p+1. The zero-order valence-corrected chi connectivity index (χ0v) is 16.6. The van der Waals surface area contributed by atoms with Gasteiger partial charge in [-0.1, -0.05) is 23.4 Å². The lowest BCUT2D eigenvalue weighted by Crippen LogP contribution is -2.46. The van der Waals surface area contributed by atoms with Crippen LogP contribution in [0, 0.1) is 5.92 Å². The van der Waals surface area contributed by atoms with Crippen molar-refractivity contribution >= 4 is 23.2 Å². The molecule has 2 aliphatic heterocycles. The van der Waals surface area contributed by atoms with Crippen LogP contribution in [-0.2, 0) is 14.4 Å². The fourth-order valence-corrected chi connectivity index (χ4v) is 3.88. The largest absolute Gasteiger partial charge is 0.497 e. The molecule has 1 saturated heterocycles. The van der Waals surface area contributed by atoms with Gasteiger partial charge in [0.25, 0.3) is 5.91 Å². The number of hydrogen-bond acceptors (Lipinski definition) is 7. The smallest absolute Gasteiger partial charge is 0.437 e. The lowest BCUT2D eigenvalue weighted by atomic mass is 9.87. The molecule has 2 aromatic carbocycles. The number of amides is 2. The Balaban J connectivity index is 1.59. The van der Waals surface area contributed by atoms with Gasteiger partial charge in [-0.05, 0) is 41.1 Å². The van der Waals surface area contributed by atoms with E-state index in [1.165, 1.54) is 11.6 Å². The molecule has 156 valence electrons. The second kappa shape index (κ2) is 6.66. The lowest BCUT2D eigenvalue weighted by Gasteiger charge is -2.18. The van der Waals surface area contributed by atoms with Crippen LogP contribution < -0.4 is 19.9 Å². The van der Waals surface area contributed by atoms with Gasteiger partial charge in [-0.25, -0.2) is 9.69 Å². The third-order valence-corrected chi connectivity index (χ3v) is 5.49. The van der Waals surface area contributed by atoms with Gasteiger partial charge in [0.1, 0.15) is 11.7 Å². The Morgan fingerprint density at radius 1 is 1.10 bits per heavy atom. The van der Waals surface area contributed by atoms with Gasteiger partial charge in [-0.15, -0.1) is 0 Å². The number of imide groups is 1. The number of hydrogen-bond donors (Lipinski definition) is 1. The predicted octanol–water partition coefficient (Wildman–Crippen LogP) is 0.936. The molecule has 3 heterocycles. The Morgan fingerprint density at radius 3 is 2.48 bits per heavy atom. The van der Waals surface area contributed by atoms with E-state index < -0.39 is 29.0 Å². The van der Waals surface area contributed by atoms with E-state index in [0.717, 1.165) is 4.90 Å². The summed E-state index contributed by atoms with van der Waals surface area (Å²) in [5, 5.41) is 6.48. The molecule has 0 aliphatic carbocycles. The van der Waals surface area contributed by atoms with E-state index in [1.54, 1.807) is 61.7 Å². The quantitative estimate of drug-likeness (QED) is 0.495. The van der Waals surface area contributed by atoms with Crippen molar-refractivity contribution in [3.8, 4) is 11.4 Å². The molecule has 0 saturated carbocycles. The molecule has 2 unspecified atom stereocenters. The normalized spacial score (nSPS) is 22.3. The average Bonchev–Trinajstić information content (AvgIpc) is 3.40.